The molecule has 1 atom stereocenters. The van der Waals surface area contributed by atoms with Gasteiger partial charge in [-0.2, -0.15) is 0 Å². The molecule has 5 heteroatoms. The Bertz CT molecular complexity index is 331. The van der Waals surface area contributed by atoms with Gasteiger partial charge < -0.3 is 10.2 Å². The number of hydrogen-bond acceptors (Lipinski definition) is 5. The minimum atomic E-state index is 0.503. The van der Waals surface area contributed by atoms with E-state index in [9.17, 15) is 0 Å². The van der Waals surface area contributed by atoms with Gasteiger partial charge in [-0.15, -0.1) is 0 Å². The summed E-state index contributed by atoms with van der Waals surface area (Å²) in [6, 6.07) is 2.49. The van der Waals surface area contributed by atoms with Gasteiger partial charge in [0.1, 0.15) is 5.82 Å². The van der Waals surface area contributed by atoms with Gasteiger partial charge in [0.25, 0.3) is 0 Å². The minimum Gasteiger partial charge on any atom is -0.351 e. The molecular weight excluding hydrogens is 208 g/mol. The average molecular weight is 224 g/mol. The topological polar surface area (TPSA) is 41.1 Å². The Kier molecular flexibility index (Phi) is 3.43. The second kappa shape index (κ2) is 4.81. The monoisotopic (exact) mass is 224 g/mol. The van der Waals surface area contributed by atoms with Gasteiger partial charge in [0, 0.05) is 31.9 Å². The van der Waals surface area contributed by atoms with Crippen molar-refractivity contribution in [1.29, 1.82) is 0 Å². The third kappa shape index (κ3) is 2.41. The minimum absolute atomic E-state index is 0.503. The van der Waals surface area contributed by atoms with Gasteiger partial charge in [0.05, 0.1) is 0 Å². The van der Waals surface area contributed by atoms with E-state index < -0.39 is 0 Å². The summed E-state index contributed by atoms with van der Waals surface area (Å²) in [6.07, 6.45) is 3.84. The van der Waals surface area contributed by atoms with Gasteiger partial charge >= 0.3 is 0 Å². The number of thioether (sulfide) groups is 1. The van der Waals surface area contributed by atoms with Crippen LogP contribution in [0.15, 0.2) is 17.4 Å². The van der Waals surface area contributed by atoms with E-state index in [2.05, 4.69) is 27.1 Å². The van der Waals surface area contributed by atoms with Crippen molar-refractivity contribution in [2.45, 2.75) is 18.1 Å². The molecule has 15 heavy (non-hydrogen) atoms. The van der Waals surface area contributed by atoms with E-state index >= 15 is 0 Å². The molecule has 1 fully saturated rings. The third-order valence-corrected chi connectivity index (χ3v) is 3.16. The molecule has 0 spiro atoms. The number of hydrogen-bond donors (Lipinski definition) is 1. The van der Waals surface area contributed by atoms with Gasteiger partial charge in [-0.05, 0) is 19.2 Å². The quantitative estimate of drug-likeness (QED) is 0.599. The summed E-state index contributed by atoms with van der Waals surface area (Å²) in [4.78, 5) is 11.0. The van der Waals surface area contributed by atoms with Crippen LogP contribution in [0.2, 0.25) is 0 Å². The normalized spacial score (nSPS) is 21.7. The number of nitrogens with one attached hydrogen (secondary N) is 1. The van der Waals surface area contributed by atoms with Gasteiger partial charge in [0.15, 0.2) is 5.16 Å². The van der Waals surface area contributed by atoms with Crippen LogP contribution >= 0.6 is 11.8 Å². The van der Waals surface area contributed by atoms with Gasteiger partial charge in [0.2, 0.25) is 0 Å². The van der Waals surface area contributed by atoms with E-state index in [1.54, 1.807) is 11.8 Å². The molecule has 0 saturated carbocycles. The van der Waals surface area contributed by atoms with Crippen LogP contribution in [0.25, 0.3) is 0 Å². The fourth-order valence-electron chi connectivity index (χ4n) is 1.77. The predicted octanol–water partition coefficient (Wildman–Crippen LogP) is 0.997. The molecule has 0 radical (unpaired) electrons. The molecule has 1 aliphatic heterocycles. The first-order valence-electron chi connectivity index (χ1n) is 5.15. The van der Waals surface area contributed by atoms with Crippen LogP contribution in [0.3, 0.4) is 0 Å². The number of rotatable bonds is 2. The van der Waals surface area contributed by atoms with Crippen LogP contribution in [0.5, 0.6) is 0 Å². The largest absolute Gasteiger partial charge is 0.351 e. The molecule has 0 bridgehead atoms. The lowest BCUT2D eigenvalue weighted by Gasteiger charge is -2.34. The first-order chi connectivity index (χ1) is 7.31. The number of nitrogens with zero attached hydrogens (tertiary/aromatic N) is 3. The fraction of sp³-hybridized carbons (Fsp3) is 0.600. The molecule has 1 N–H and O–H groups in total. The maximum atomic E-state index is 4.52. The van der Waals surface area contributed by atoms with Gasteiger partial charge in [-0.3, -0.25) is 0 Å². The van der Waals surface area contributed by atoms with Crippen molar-refractivity contribution in [3.05, 3.63) is 12.3 Å². The second-order valence-electron chi connectivity index (χ2n) is 3.65. The Morgan fingerprint density at radius 3 is 3.20 bits per heavy atom. The van der Waals surface area contributed by atoms with E-state index in [1.807, 2.05) is 18.5 Å². The number of anilines is 1. The molecule has 0 amide bonds. The lowest BCUT2D eigenvalue weighted by Crippen LogP contribution is -2.50. The summed E-state index contributed by atoms with van der Waals surface area (Å²) < 4.78 is 0. The van der Waals surface area contributed by atoms with Crippen molar-refractivity contribution in [3.8, 4) is 0 Å². The van der Waals surface area contributed by atoms with Crippen molar-refractivity contribution in [1.82, 2.24) is 15.3 Å². The highest BCUT2D eigenvalue weighted by Gasteiger charge is 2.19. The molecule has 1 aromatic rings. The van der Waals surface area contributed by atoms with E-state index in [0.717, 1.165) is 30.6 Å². The van der Waals surface area contributed by atoms with E-state index in [0.29, 0.717) is 6.04 Å². The summed E-state index contributed by atoms with van der Waals surface area (Å²) in [7, 11) is 0. The zero-order chi connectivity index (χ0) is 10.7. The molecule has 1 saturated heterocycles. The summed E-state index contributed by atoms with van der Waals surface area (Å²) >= 11 is 1.58. The first-order valence-corrected chi connectivity index (χ1v) is 6.38. The van der Waals surface area contributed by atoms with Crippen LogP contribution < -0.4 is 10.2 Å². The van der Waals surface area contributed by atoms with Crippen molar-refractivity contribution in [2.24, 2.45) is 0 Å². The van der Waals surface area contributed by atoms with Crippen molar-refractivity contribution in [2.75, 3.05) is 30.8 Å². The highest BCUT2D eigenvalue weighted by Crippen LogP contribution is 2.17. The lowest BCUT2D eigenvalue weighted by molar-refractivity contribution is 0.495. The Hall–Kier alpha value is -0.810. The van der Waals surface area contributed by atoms with E-state index in [4.69, 9.17) is 0 Å². The third-order valence-electron chi connectivity index (χ3n) is 2.60. The number of piperazine rings is 1. The maximum Gasteiger partial charge on any atom is 0.189 e. The summed E-state index contributed by atoms with van der Waals surface area (Å²) in [5.41, 5.74) is 0. The standard InChI is InChI=1S/C10H16N4S/c1-8-7-11-5-6-14(8)9-3-4-12-10(13-9)15-2/h3-4,8,11H,5-7H2,1-2H3. The Labute approximate surface area is 94.5 Å². The van der Waals surface area contributed by atoms with Crippen LogP contribution in [-0.2, 0) is 0 Å². The molecule has 4 nitrogen and oxygen atoms in total. The molecule has 0 aromatic carbocycles. The molecule has 2 rings (SSSR count). The highest BCUT2D eigenvalue weighted by atomic mass is 32.2. The zero-order valence-corrected chi connectivity index (χ0v) is 9.92. The Balaban J connectivity index is 2.19. The van der Waals surface area contributed by atoms with Crippen molar-refractivity contribution < 1.29 is 0 Å². The predicted molar refractivity (Wildman–Crippen MR) is 63.5 cm³/mol. The van der Waals surface area contributed by atoms with Gasteiger partial charge in [-0.25, -0.2) is 9.97 Å². The summed E-state index contributed by atoms with van der Waals surface area (Å²) in [5, 5.41) is 4.22. The van der Waals surface area contributed by atoms with E-state index in [-0.39, 0.29) is 0 Å². The van der Waals surface area contributed by atoms with E-state index in [1.165, 1.54) is 0 Å². The molecule has 82 valence electrons. The average Bonchev–Trinajstić information content (AvgIpc) is 2.30. The van der Waals surface area contributed by atoms with Crippen molar-refractivity contribution in [3.63, 3.8) is 0 Å². The molecule has 0 aliphatic carbocycles. The molecule has 1 aromatic heterocycles. The van der Waals surface area contributed by atoms with Crippen LogP contribution in [0, 0.1) is 0 Å². The lowest BCUT2D eigenvalue weighted by atomic mass is 10.2. The molecule has 1 unspecified atom stereocenters. The zero-order valence-electron chi connectivity index (χ0n) is 9.10. The Morgan fingerprint density at radius 1 is 1.60 bits per heavy atom. The van der Waals surface area contributed by atoms with Crippen LogP contribution in [-0.4, -0.2) is 41.9 Å². The molecule has 2 heterocycles. The van der Waals surface area contributed by atoms with Gasteiger partial charge in [-0.1, -0.05) is 11.8 Å². The fourth-order valence-corrected chi connectivity index (χ4v) is 2.12. The molecular formula is C10H16N4S. The molecule has 1 aliphatic rings. The smallest absolute Gasteiger partial charge is 0.189 e. The highest BCUT2D eigenvalue weighted by molar-refractivity contribution is 7.98. The van der Waals surface area contributed by atoms with Crippen LogP contribution in [0.1, 0.15) is 6.92 Å². The SMILES string of the molecule is CSc1nccc(N2CCNCC2C)n1. The van der Waals surface area contributed by atoms with Crippen LogP contribution in [0.4, 0.5) is 5.82 Å². The summed E-state index contributed by atoms with van der Waals surface area (Å²) in [5.74, 6) is 1.04. The Morgan fingerprint density at radius 2 is 2.47 bits per heavy atom. The van der Waals surface area contributed by atoms with Crippen molar-refractivity contribution >= 4 is 17.6 Å². The second-order valence-corrected chi connectivity index (χ2v) is 4.42. The summed E-state index contributed by atoms with van der Waals surface area (Å²) in [6.45, 7) is 5.29. The number of aromatic nitrogens is 2. The maximum absolute atomic E-state index is 4.52. The first kappa shape index (κ1) is 10.7.